The van der Waals surface area contributed by atoms with Gasteiger partial charge in [0.15, 0.2) is 5.03 Å². The fourth-order valence-electron chi connectivity index (χ4n) is 2.29. The molecule has 21 heavy (non-hydrogen) atoms. The van der Waals surface area contributed by atoms with Crippen LogP contribution in [-0.4, -0.2) is 60.3 Å². The number of aliphatic hydroxyl groups is 1. The highest BCUT2D eigenvalue weighted by molar-refractivity contribution is 7.89. The zero-order valence-electron chi connectivity index (χ0n) is 11.8. The summed E-state index contributed by atoms with van der Waals surface area (Å²) in [4.78, 5) is 11.8. The molecule has 1 saturated heterocycles. The van der Waals surface area contributed by atoms with Gasteiger partial charge >= 0.3 is 5.97 Å². The Hall–Kier alpha value is -1.45. The van der Waals surface area contributed by atoms with Crippen LogP contribution in [0.3, 0.4) is 0 Å². The fraction of sp³-hybridized carbons (Fsp3) is 0.667. The van der Waals surface area contributed by atoms with Crippen LogP contribution in [0.4, 0.5) is 0 Å². The number of sulfonamides is 1. The molecule has 2 rings (SSSR count). The van der Waals surface area contributed by atoms with Crippen LogP contribution in [-0.2, 0) is 14.8 Å². The van der Waals surface area contributed by atoms with Crippen molar-refractivity contribution in [2.75, 3.05) is 26.3 Å². The lowest BCUT2D eigenvalue weighted by Gasteiger charge is -2.29. The number of carbonyl (C=O) groups is 1. The minimum atomic E-state index is -3.81. The normalized spacial score (nSPS) is 17.8. The van der Waals surface area contributed by atoms with E-state index in [2.05, 4.69) is 10.2 Å². The summed E-state index contributed by atoms with van der Waals surface area (Å²) < 4.78 is 31.2. The third kappa shape index (κ3) is 3.25. The summed E-state index contributed by atoms with van der Waals surface area (Å²) in [7, 11) is -3.81. The van der Waals surface area contributed by atoms with Crippen LogP contribution in [0, 0.1) is 5.92 Å². The molecule has 0 saturated carbocycles. The molecule has 0 atom stereocenters. The maximum Gasteiger partial charge on any atom is 0.342 e. The van der Waals surface area contributed by atoms with Crippen molar-refractivity contribution >= 4 is 16.0 Å². The third-order valence-corrected chi connectivity index (χ3v) is 5.40. The fourth-order valence-corrected chi connectivity index (χ4v) is 3.82. The first-order valence-corrected chi connectivity index (χ1v) is 8.26. The Labute approximate surface area is 123 Å². The standard InChI is InChI=1S/C12H19N3O5S/c1-2-20-12(17)10-7-13-14-11(10)21(18,19)15-5-3-9(8-16)4-6-15/h7,9,16H,2-6,8H2,1H3,(H,13,14). The van der Waals surface area contributed by atoms with E-state index in [1.165, 1.54) is 4.31 Å². The van der Waals surface area contributed by atoms with Crippen molar-refractivity contribution in [3.05, 3.63) is 11.8 Å². The number of piperidine rings is 1. The number of aliphatic hydroxyl groups excluding tert-OH is 1. The lowest BCUT2D eigenvalue weighted by atomic mass is 10.00. The van der Waals surface area contributed by atoms with Gasteiger partial charge in [0.05, 0.1) is 12.8 Å². The minimum absolute atomic E-state index is 0.0615. The summed E-state index contributed by atoms with van der Waals surface area (Å²) in [6.07, 6.45) is 2.35. The van der Waals surface area contributed by atoms with E-state index < -0.39 is 16.0 Å². The smallest absolute Gasteiger partial charge is 0.342 e. The zero-order chi connectivity index (χ0) is 15.5. The summed E-state index contributed by atoms with van der Waals surface area (Å²) in [6.45, 7) is 2.49. The average molecular weight is 317 g/mol. The largest absolute Gasteiger partial charge is 0.462 e. The molecule has 8 nitrogen and oxygen atoms in total. The summed E-state index contributed by atoms with van der Waals surface area (Å²) in [5, 5.41) is 14.9. The molecule has 0 radical (unpaired) electrons. The first-order chi connectivity index (χ1) is 10.0. The van der Waals surface area contributed by atoms with Crippen molar-refractivity contribution in [2.45, 2.75) is 24.8 Å². The van der Waals surface area contributed by atoms with Crippen molar-refractivity contribution in [2.24, 2.45) is 5.92 Å². The molecule has 0 aromatic carbocycles. The number of esters is 1. The highest BCUT2D eigenvalue weighted by atomic mass is 32.2. The van der Waals surface area contributed by atoms with E-state index in [0.717, 1.165) is 6.20 Å². The Kier molecular flexibility index (Phi) is 4.96. The van der Waals surface area contributed by atoms with Crippen LogP contribution in [0.25, 0.3) is 0 Å². The predicted molar refractivity (Wildman–Crippen MR) is 73.1 cm³/mol. The maximum atomic E-state index is 12.6. The molecule has 1 aromatic rings. The molecule has 0 unspecified atom stereocenters. The quantitative estimate of drug-likeness (QED) is 0.738. The number of H-pyrrole nitrogens is 1. The minimum Gasteiger partial charge on any atom is -0.462 e. The van der Waals surface area contributed by atoms with Crippen molar-refractivity contribution in [3.8, 4) is 0 Å². The van der Waals surface area contributed by atoms with Gasteiger partial charge in [-0.15, -0.1) is 0 Å². The van der Waals surface area contributed by atoms with E-state index in [-0.39, 0.29) is 29.7 Å². The van der Waals surface area contributed by atoms with Crippen LogP contribution >= 0.6 is 0 Å². The van der Waals surface area contributed by atoms with E-state index in [1.54, 1.807) is 6.92 Å². The Bertz CT molecular complexity index is 590. The molecule has 0 aliphatic carbocycles. The van der Waals surface area contributed by atoms with Crippen LogP contribution in [0.1, 0.15) is 30.1 Å². The maximum absolute atomic E-state index is 12.6. The van der Waals surface area contributed by atoms with Gasteiger partial charge in [-0.1, -0.05) is 0 Å². The number of rotatable bonds is 5. The Morgan fingerprint density at radius 2 is 2.19 bits per heavy atom. The summed E-state index contributed by atoms with van der Waals surface area (Å²) in [5.74, 6) is -0.585. The Morgan fingerprint density at radius 3 is 2.76 bits per heavy atom. The van der Waals surface area contributed by atoms with Gasteiger partial charge in [-0.05, 0) is 25.7 Å². The molecule has 118 valence electrons. The third-order valence-electron chi connectivity index (χ3n) is 3.53. The lowest BCUT2D eigenvalue weighted by molar-refractivity contribution is 0.0521. The van der Waals surface area contributed by atoms with Gasteiger partial charge in [0, 0.05) is 19.7 Å². The van der Waals surface area contributed by atoms with Gasteiger partial charge in [-0.2, -0.15) is 9.40 Å². The van der Waals surface area contributed by atoms with Crippen molar-refractivity contribution < 1.29 is 23.1 Å². The second kappa shape index (κ2) is 6.54. The van der Waals surface area contributed by atoms with Gasteiger partial charge in [-0.25, -0.2) is 13.2 Å². The first-order valence-electron chi connectivity index (χ1n) is 6.82. The first kappa shape index (κ1) is 15.9. The number of ether oxygens (including phenoxy) is 1. The highest BCUT2D eigenvalue weighted by Crippen LogP contribution is 2.24. The number of nitrogens with zero attached hydrogens (tertiary/aromatic N) is 2. The molecule has 9 heteroatoms. The van der Waals surface area contributed by atoms with E-state index in [0.29, 0.717) is 25.9 Å². The van der Waals surface area contributed by atoms with E-state index >= 15 is 0 Å². The Morgan fingerprint density at radius 1 is 1.52 bits per heavy atom. The van der Waals surface area contributed by atoms with Crippen molar-refractivity contribution in [1.29, 1.82) is 0 Å². The molecule has 2 heterocycles. The second-order valence-electron chi connectivity index (χ2n) is 4.86. The topological polar surface area (TPSA) is 113 Å². The molecule has 0 amide bonds. The molecule has 0 spiro atoms. The van der Waals surface area contributed by atoms with Crippen LogP contribution in [0.5, 0.6) is 0 Å². The van der Waals surface area contributed by atoms with Gasteiger partial charge in [-0.3, -0.25) is 5.10 Å². The van der Waals surface area contributed by atoms with E-state index in [4.69, 9.17) is 9.84 Å². The molecule has 1 aliphatic heterocycles. The number of aromatic amines is 1. The number of hydrogen-bond donors (Lipinski definition) is 2. The SMILES string of the molecule is CCOC(=O)c1cn[nH]c1S(=O)(=O)N1CCC(CO)CC1. The van der Waals surface area contributed by atoms with Crippen LogP contribution in [0.2, 0.25) is 0 Å². The molecule has 2 N–H and O–H groups in total. The van der Waals surface area contributed by atoms with Gasteiger partial charge in [0.2, 0.25) is 0 Å². The lowest BCUT2D eigenvalue weighted by Crippen LogP contribution is -2.39. The van der Waals surface area contributed by atoms with Crippen molar-refractivity contribution in [1.82, 2.24) is 14.5 Å². The number of nitrogens with one attached hydrogen (secondary N) is 1. The predicted octanol–water partition coefficient (Wildman–Crippen LogP) is -0.0206. The van der Waals surface area contributed by atoms with Crippen LogP contribution < -0.4 is 0 Å². The highest BCUT2D eigenvalue weighted by Gasteiger charge is 2.34. The summed E-state index contributed by atoms with van der Waals surface area (Å²) >= 11 is 0. The molecule has 1 aliphatic rings. The molecule has 1 aromatic heterocycles. The van der Waals surface area contributed by atoms with Crippen LogP contribution in [0.15, 0.2) is 11.2 Å². The summed E-state index contributed by atoms with van der Waals surface area (Å²) in [5.41, 5.74) is -0.0823. The number of hydrogen-bond acceptors (Lipinski definition) is 6. The van der Waals surface area contributed by atoms with Gasteiger partial charge in [0.25, 0.3) is 10.0 Å². The Balaban J connectivity index is 2.21. The molecule has 1 fully saturated rings. The number of aromatic nitrogens is 2. The average Bonchev–Trinajstić information content (AvgIpc) is 2.98. The zero-order valence-corrected chi connectivity index (χ0v) is 12.6. The van der Waals surface area contributed by atoms with E-state index in [1.807, 2.05) is 0 Å². The monoisotopic (exact) mass is 317 g/mol. The van der Waals surface area contributed by atoms with Gasteiger partial charge < -0.3 is 9.84 Å². The summed E-state index contributed by atoms with van der Waals surface area (Å²) in [6, 6.07) is 0. The second-order valence-corrected chi connectivity index (χ2v) is 6.74. The van der Waals surface area contributed by atoms with Crippen molar-refractivity contribution in [3.63, 3.8) is 0 Å². The molecule has 0 bridgehead atoms. The molecular formula is C12H19N3O5S. The van der Waals surface area contributed by atoms with E-state index in [9.17, 15) is 13.2 Å². The molecular weight excluding hydrogens is 298 g/mol. The number of carbonyl (C=O) groups excluding carboxylic acids is 1. The van der Waals surface area contributed by atoms with Gasteiger partial charge in [0.1, 0.15) is 5.56 Å².